The van der Waals surface area contributed by atoms with Crippen molar-refractivity contribution >= 4 is 35.2 Å². The van der Waals surface area contributed by atoms with Gasteiger partial charge in [0, 0.05) is 11.3 Å². The predicted octanol–water partition coefficient (Wildman–Crippen LogP) is 4.00. The van der Waals surface area contributed by atoms with Crippen molar-refractivity contribution in [2.45, 2.75) is 12.7 Å². The quantitative estimate of drug-likeness (QED) is 0.594. The first kappa shape index (κ1) is 20.0. The Kier molecular flexibility index (Phi) is 6.73. The van der Waals surface area contributed by atoms with Crippen LogP contribution in [-0.4, -0.2) is 22.7 Å². The molecule has 2 aromatic carbocycles. The highest BCUT2D eigenvalue weighted by Crippen LogP contribution is 2.30. The second-order valence-electron chi connectivity index (χ2n) is 5.92. The SMILES string of the molecule is Cc1onc(-c2ccccc2Cl)c1C(=O)NNC(=O)CSCc1ccccc1. The number of nitrogens with zero attached hydrogens (tertiary/aromatic N) is 1. The molecule has 1 heterocycles. The third kappa shape index (κ3) is 4.94. The molecule has 0 aliphatic carbocycles. The Labute approximate surface area is 171 Å². The maximum absolute atomic E-state index is 12.6. The Morgan fingerprint density at radius 1 is 1.07 bits per heavy atom. The second-order valence-corrected chi connectivity index (χ2v) is 7.32. The van der Waals surface area contributed by atoms with Gasteiger partial charge in [0.15, 0.2) is 0 Å². The van der Waals surface area contributed by atoms with Gasteiger partial charge in [0.1, 0.15) is 17.0 Å². The fraction of sp³-hybridized carbons (Fsp3) is 0.150. The van der Waals surface area contributed by atoms with Gasteiger partial charge in [-0.2, -0.15) is 0 Å². The Hall–Kier alpha value is -2.77. The molecule has 0 aliphatic heterocycles. The van der Waals surface area contributed by atoms with Gasteiger partial charge in [-0.05, 0) is 18.6 Å². The van der Waals surface area contributed by atoms with Crippen LogP contribution in [0.15, 0.2) is 59.1 Å². The molecule has 0 bridgehead atoms. The molecule has 0 aliphatic rings. The van der Waals surface area contributed by atoms with E-state index in [0.717, 1.165) is 5.56 Å². The van der Waals surface area contributed by atoms with Crippen molar-refractivity contribution in [1.82, 2.24) is 16.0 Å². The van der Waals surface area contributed by atoms with Crippen LogP contribution >= 0.6 is 23.4 Å². The number of hydrogen-bond acceptors (Lipinski definition) is 5. The average molecular weight is 416 g/mol. The first-order valence-corrected chi connectivity index (χ1v) is 10.0. The lowest BCUT2D eigenvalue weighted by molar-refractivity contribution is -0.119. The fourth-order valence-corrected chi connectivity index (χ4v) is 3.55. The molecular weight excluding hydrogens is 398 g/mol. The molecule has 3 rings (SSSR count). The number of aryl methyl sites for hydroxylation is 1. The zero-order chi connectivity index (χ0) is 19.9. The minimum Gasteiger partial charge on any atom is -0.360 e. The minimum atomic E-state index is -0.518. The first-order chi connectivity index (χ1) is 13.6. The van der Waals surface area contributed by atoms with Crippen LogP contribution in [0.2, 0.25) is 5.02 Å². The highest BCUT2D eigenvalue weighted by atomic mass is 35.5. The van der Waals surface area contributed by atoms with E-state index in [1.54, 1.807) is 31.2 Å². The maximum atomic E-state index is 12.6. The summed E-state index contributed by atoms with van der Waals surface area (Å²) in [6.07, 6.45) is 0. The van der Waals surface area contributed by atoms with E-state index in [2.05, 4.69) is 16.0 Å². The number of rotatable bonds is 6. The summed E-state index contributed by atoms with van der Waals surface area (Å²) in [5.41, 5.74) is 7.09. The lowest BCUT2D eigenvalue weighted by atomic mass is 10.1. The zero-order valence-corrected chi connectivity index (χ0v) is 16.6. The monoisotopic (exact) mass is 415 g/mol. The van der Waals surface area contributed by atoms with Crippen LogP contribution in [0.1, 0.15) is 21.7 Å². The lowest BCUT2D eigenvalue weighted by Gasteiger charge is -2.08. The number of hydrogen-bond donors (Lipinski definition) is 2. The number of thioether (sulfide) groups is 1. The number of carbonyl (C=O) groups is 2. The standard InChI is InChI=1S/C20H18ClN3O3S/c1-13-18(19(24-27-13)15-9-5-6-10-16(15)21)20(26)23-22-17(25)12-28-11-14-7-3-2-4-8-14/h2-10H,11-12H2,1H3,(H,22,25)(H,23,26). The van der Waals surface area contributed by atoms with Crippen molar-refractivity contribution in [2.24, 2.45) is 0 Å². The van der Waals surface area contributed by atoms with Crippen LogP contribution in [0.25, 0.3) is 11.3 Å². The van der Waals surface area contributed by atoms with Crippen molar-refractivity contribution in [1.29, 1.82) is 0 Å². The first-order valence-electron chi connectivity index (χ1n) is 8.48. The highest BCUT2D eigenvalue weighted by Gasteiger charge is 2.23. The van der Waals surface area contributed by atoms with E-state index >= 15 is 0 Å². The number of nitrogens with one attached hydrogen (secondary N) is 2. The summed E-state index contributed by atoms with van der Waals surface area (Å²) < 4.78 is 5.16. The summed E-state index contributed by atoms with van der Waals surface area (Å²) >= 11 is 7.65. The molecule has 0 spiro atoms. The molecule has 28 heavy (non-hydrogen) atoms. The summed E-state index contributed by atoms with van der Waals surface area (Å²) in [6, 6.07) is 16.9. The lowest BCUT2D eigenvalue weighted by Crippen LogP contribution is -2.42. The van der Waals surface area contributed by atoms with Crippen LogP contribution in [0, 0.1) is 6.92 Å². The summed E-state index contributed by atoms with van der Waals surface area (Å²) in [6.45, 7) is 1.62. The average Bonchev–Trinajstić information content (AvgIpc) is 3.08. The number of benzene rings is 2. The number of carbonyl (C=O) groups excluding carboxylic acids is 2. The third-order valence-corrected chi connectivity index (χ3v) is 5.21. The van der Waals surface area contributed by atoms with Gasteiger partial charge in [-0.25, -0.2) is 0 Å². The Bertz CT molecular complexity index is 976. The number of hydrazine groups is 1. The van der Waals surface area contributed by atoms with Gasteiger partial charge in [-0.15, -0.1) is 11.8 Å². The molecular formula is C20H18ClN3O3S. The van der Waals surface area contributed by atoms with Gasteiger partial charge in [0.25, 0.3) is 5.91 Å². The molecule has 8 heteroatoms. The molecule has 0 fully saturated rings. The predicted molar refractivity (Wildman–Crippen MR) is 110 cm³/mol. The molecule has 144 valence electrons. The highest BCUT2D eigenvalue weighted by molar-refractivity contribution is 7.99. The van der Waals surface area contributed by atoms with E-state index in [9.17, 15) is 9.59 Å². The third-order valence-electron chi connectivity index (χ3n) is 3.88. The van der Waals surface area contributed by atoms with Crippen molar-refractivity contribution in [3.8, 4) is 11.3 Å². The number of aromatic nitrogens is 1. The van der Waals surface area contributed by atoms with E-state index in [-0.39, 0.29) is 17.2 Å². The smallest absolute Gasteiger partial charge is 0.275 e. The fourth-order valence-electron chi connectivity index (χ4n) is 2.54. The number of halogens is 1. The van der Waals surface area contributed by atoms with Crippen LogP contribution in [0.4, 0.5) is 0 Å². The molecule has 0 radical (unpaired) electrons. The van der Waals surface area contributed by atoms with Crippen molar-refractivity contribution in [3.05, 3.63) is 76.5 Å². The maximum Gasteiger partial charge on any atom is 0.275 e. The molecule has 1 aromatic heterocycles. The molecule has 6 nitrogen and oxygen atoms in total. The molecule has 2 amide bonds. The van der Waals surface area contributed by atoms with Crippen LogP contribution < -0.4 is 10.9 Å². The van der Waals surface area contributed by atoms with Gasteiger partial charge in [-0.1, -0.05) is 65.3 Å². The molecule has 0 unspecified atom stereocenters. The van der Waals surface area contributed by atoms with Crippen molar-refractivity contribution < 1.29 is 14.1 Å². The minimum absolute atomic E-state index is 0.217. The summed E-state index contributed by atoms with van der Waals surface area (Å²) in [5.74, 6) is 0.441. The summed E-state index contributed by atoms with van der Waals surface area (Å²) in [7, 11) is 0. The molecule has 2 N–H and O–H groups in total. The second kappa shape index (κ2) is 9.43. The van der Waals surface area contributed by atoms with Gasteiger partial charge >= 0.3 is 0 Å². The van der Waals surface area contributed by atoms with Gasteiger partial charge < -0.3 is 4.52 Å². The molecule has 0 saturated carbocycles. The van der Waals surface area contributed by atoms with Crippen molar-refractivity contribution in [3.63, 3.8) is 0 Å². The van der Waals surface area contributed by atoms with Gasteiger partial charge in [-0.3, -0.25) is 20.4 Å². The Morgan fingerprint density at radius 3 is 2.54 bits per heavy atom. The van der Waals surface area contributed by atoms with E-state index < -0.39 is 5.91 Å². The summed E-state index contributed by atoms with van der Waals surface area (Å²) in [5, 5.41) is 4.39. The van der Waals surface area contributed by atoms with E-state index in [1.165, 1.54) is 11.8 Å². The Morgan fingerprint density at radius 2 is 1.79 bits per heavy atom. The zero-order valence-electron chi connectivity index (χ0n) is 15.1. The molecule has 0 saturated heterocycles. The van der Waals surface area contributed by atoms with Gasteiger partial charge in [0.05, 0.1) is 10.8 Å². The summed E-state index contributed by atoms with van der Waals surface area (Å²) in [4.78, 5) is 24.6. The molecule has 0 atom stereocenters. The molecule has 3 aromatic rings. The number of amides is 2. The van der Waals surface area contributed by atoms with E-state index in [4.69, 9.17) is 16.1 Å². The van der Waals surface area contributed by atoms with Gasteiger partial charge in [0.2, 0.25) is 5.91 Å². The van der Waals surface area contributed by atoms with Crippen LogP contribution in [0.5, 0.6) is 0 Å². The Balaban J connectivity index is 1.57. The van der Waals surface area contributed by atoms with Crippen LogP contribution in [0.3, 0.4) is 0 Å². The van der Waals surface area contributed by atoms with Crippen molar-refractivity contribution in [2.75, 3.05) is 5.75 Å². The van der Waals surface area contributed by atoms with E-state index in [0.29, 0.717) is 27.8 Å². The topological polar surface area (TPSA) is 84.2 Å². The normalized spacial score (nSPS) is 10.5. The van der Waals surface area contributed by atoms with Crippen LogP contribution in [-0.2, 0) is 10.5 Å². The van der Waals surface area contributed by atoms with E-state index in [1.807, 2.05) is 30.3 Å². The largest absolute Gasteiger partial charge is 0.360 e.